The van der Waals surface area contributed by atoms with Crippen molar-refractivity contribution >= 4 is 18.4 Å². The summed E-state index contributed by atoms with van der Waals surface area (Å²) in [7, 11) is 0. The Hall–Kier alpha value is -0.490. The molecule has 0 unspecified atom stereocenters. The second-order valence-electron chi connectivity index (χ2n) is 3.43. The Bertz CT molecular complexity index is 227. The summed E-state index contributed by atoms with van der Waals surface area (Å²) in [5, 5.41) is 8.35. The van der Waals surface area contributed by atoms with Gasteiger partial charge in [-0.3, -0.25) is 4.79 Å². The van der Waals surface area contributed by atoms with Gasteiger partial charge in [0.1, 0.15) is 6.04 Å². The Morgan fingerprint density at radius 2 is 1.93 bits per heavy atom. The summed E-state index contributed by atoms with van der Waals surface area (Å²) in [6.07, 6.45) is -4.83. The van der Waals surface area contributed by atoms with E-state index in [1.54, 1.807) is 0 Å². The number of hydrogen-bond acceptors (Lipinski definition) is 2. The maximum absolute atomic E-state index is 12.3. The van der Waals surface area contributed by atoms with Crippen LogP contribution in [-0.2, 0) is 4.79 Å². The van der Waals surface area contributed by atoms with Gasteiger partial charge in [-0.2, -0.15) is 13.2 Å². The Morgan fingerprint density at radius 1 is 1.50 bits per heavy atom. The zero-order valence-corrected chi connectivity index (χ0v) is 7.99. The van der Waals surface area contributed by atoms with E-state index in [1.807, 2.05) is 0 Å². The Balaban J connectivity index is 0.00000169. The molecule has 0 aromatic rings. The lowest BCUT2D eigenvalue weighted by Gasteiger charge is -2.20. The van der Waals surface area contributed by atoms with Crippen LogP contribution in [0.1, 0.15) is 19.3 Å². The van der Waals surface area contributed by atoms with E-state index in [-0.39, 0.29) is 25.2 Å². The van der Waals surface area contributed by atoms with Gasteiger partial charge in [0.25, 0.3) is 0 Å². The number of nitrogens with two attached hydrogens (primary N) is 1. The first kappa shape index (κ1) is 13.5. The van der Waals surface area contributed by atoms with E-state index in [1.165, 1.54) is 0 Å². The molecule has 1 rings (SSSR count). The molecule has 0 saturated heterocycles. The molecule has 84 valence electrons. The normalized spacial score (nSPS) is 20.9. The second kappa shape index (κ2) is 3.94. The number of aliphatic carboxylic acids is 1. The summed E-state index contributed by atoms with van der Waals surface area (Å²) in [5.41, 5.74) is 3.23. The van der Waals surface area contributed by atoms with Crippen LogP contribution >= 0.6 is 12.4 Å². The Labute approximate surface area is 84.9 Å². The smallest absolute Gasteiger partial charge is 0.394 e. The number of alkyl halides is 3. The van der Waals surface area contributed by atoms with Gasteiger partial charge in [-0.05, 0) is 19.3 Å². The zero-order chi connectivity index (χ0) is 10.3. The average molecular weight is 234 g/mol. The molecule has 0 amide bonds. The van der Waals surface area contributed by atoms with E-state index in [2.05, 4.69) is 0 Å². The van der Waals surface area contributed by atoms with Crippen molar-refractivity contribution in [3.05, 3.63) is 0 Å². The minimum Gasteiger partial charge on any atom is -0.480 e. The number of halogens is 4. The van der Waals surface area contributed by atoms with E-state index in [4.69, 9.17) is 10.8 Å². The van der Waals surface area contributed by atoms with Crippen LogP contribution in [0.5, 0.6) is 0 Å². The fourth-order valence-electron chi connectivity index (χ4n) is 1.26. The van der Waals surface area contributed by atoms with Gasteiger partial charge in [-0.25, -0.2) is 0 Å². The molecule has 0 aromatic carbocycles. The van der Waals surface area contributed by atoms with Gasteiger partial charge in [0.05, 0.1) is 5.41 Å². The van der Waals surface area contributed by atoms with Gasteiger partial charge in [-0.15, -0.1) is 12.4 Å². The molecule has 0 bridgehead atoms. The molecule has 0 aromatic heterocycles. The topological polar surface area (TPSA) is 63.3 Å². The third-order valence-corrected chi connectivity index (χ3v) is 2.38. The molecule has 0 radical (unpaired) electrons. The molecule has 14 heavy (non-hydrogen) atoms. The van der Waals surface area contributed by atoms with Gasteiger partial charge in [0, 0.05) is 0 Å². The highest BCUT2D eigenvalue weighted by Crippen LogP contribution is 2.60. The minimum absolute atomic E-state index is 0. The number of hydrogen-bond donors (Lipinski definition) is 2. The molecular weight excluding hydrogens is 223 g/mol. The molecule has 1 fully saturated rings. The van der Waals surface area contributed by atoms with Crippen molar-refractivity contribution in [3.8, 4) is 0 Å². The van der Waals surface area contributed by atoms with Crippen LogP contribution in [0.3, 0.4) is 0 Å². The van der Waals surface area contributed by atoms with Gasteiger partial charge < -0.3 is 10.8 Å². The van der Waals surface area contributed by atoms with Crippen molar-refractivity contribution in [2.24, 2.45) is 11.1 Å². The SMILES string of the molecule is Cl.N[C@H](CC1(C(F)(F)F)CC1)C(=O)O. The molecule has 7 heteroatoms. The van der Waals surface area contributed by atoms with Crippen LogP contribution in [-0.4, -0.2) is 23.3 Å². The Morgan fingerprint density at radius 3 is 2.14 bits per heavy atom. The van der Waals surface area contributed by atoms with E-state index < -0.39 is 30.0 Å². The van der Waals surface area contributed by atoms with Gasteiger partial charge in [0.2, 0.25) is 0 Å². The fourth-order valence-corrected chi connectivity index (χ4v) is 1.26. The number of carbonyl (C=O) groups is 1. The molecule has 1 atom stereocenters. The van der Waals surface area contributed by atoms with E-state index in [9.17, 15) is 18.0 Å². The molecule has 0 heterocycles. The maximum atomic E-state index is 12.3. The highest BCUT2D eigenvalue weighted by Gasteiger charge is 2.63. The standard InChI is InChI=1S/C7H10F3NO2.ClH/c8-7(9,10)6(1-2-6)3-4(11)5(12)13;/h4H,1-3,11H2,(H,12,13);1H/t4-;/m1./s1. The van der Waals surface area contributed by atoms with Crippen LogP contribution in [0, 0.1) is 5.41 Å². The molecule has 3 nitrogen and oxygen atoms in total. The minimum atomic E-state index is -4.32. The van der Waals surface area contributed by atoms with Gasteiger partial charge in [0.15, 0.2) is 0 Å². The monoisotopic (exact) mass is 233 g/mol. The largest absolute Gasteiger partial charge is 0.480 e. The van der Waals surface area contributed by atoms with Crippen LogP contribution in [0.15, 0.2) is 0 Å². The molecule has 1 aliphatic rings. The quantitative estimate of drug-likeness (QED) is 0.778. The number of rotatable bonds is 3. The number of carboxylic acid groups (broad SMARTS) is 1. The van der Waals surface area contributed by atoms with Crippen molar-refractivity contribution in [3.63, 3.8) is 0 Å². The maximum Gasteiger partial charge on any atom is 0.394 e. The first-order chi connectivity index (χ1) is 5.78. The molecule has 0 aliphatic heterocycles. The first-order valence-electron chi connectivity index (χ1n) is 3.84. The zero-order valence-electron chi connectivity index (χ0n) is 7.17. The van der Waals surface area contributed by atoms with Gasteiger partial charge >= 0.3 is 12.1 Å². The summed E-state index contributed by atoms with van der Waals surface area (Å²) >= 11 is 0. The predicted molar refractivity (Wildman–Crippen MR) is 45.2 cm³/mol. The molecule has 0 spiro atoms. The Kier molecular flexibility index (Phi) is 3.80. The van der Waals surface area contributed by atoms with E-state index >= 15 is 0 Å². The third-order valence-electron chi connectivity index (χ3n) is 2.38. The van der Waals surface area contributed by atoms with E-state index in [0.717, 1.165) is 0 Å². The van der Waals surface area contributed by atoms with Crippen LogP contribution in [0.2, 0.25) is 0 Å². The van der Waals surface area contributed by atoms with Crippen molar-refractivity contribution in [2.75, 3.05) is 0 Å². The van der Waals surface area contributed by atoms with Crippen molar-refractivity contribution < 1.29 is 23.1 Å². The summed E-state index contributed by atoms with van der Waals surface area (Å²) in [4.78, 5) is 10.2. The summed E-state index contributed by atoms with van der Waals surface area (Å²) in [6.45, 7) is 0. The van der Waals surface area contributed by atoms with Crippen molar-refractivity contribution in [2.45, 2.75) is 31.5 Å². The average Bonchev–Trinajstić information content (AvgIpc) is 2.66. The summed E-state index contributed by atoms with van der Waals surface area (Å²) in [5.74, 6) is -1.38. The van der Waals surface area contributed by atoms with Crippen LogP contribution in [0.25, 0.3) is 0 Å². The highest BCUT2D eigenvalue weighted by atomic mass is 35.5. The lowest BCUT2D eigenvalue weighted by Crippen LogP contribution is -2.37. The van der Waals surface area contributed by atoms with Crippen molar-refractivity contribution in [1.29, 1.82) is 0 Å². The predicted octanol–water partition coefficient (Wildman–Crippen LogP) is 1.55. The van der Waals surface area contributed by atoms with Crippen molar-refractivity contribution in [1.82, 2.24) is 0 Å². The number of carboxylic acids is 1. The molecule has 1 aliphatic carbocycles. The summed E-state index contributed by atoms with van der Waals surface area (Å²) < 4.78 is 36.8. The van der Waals surface area contributed by atoms with Gasteiger partial charge in [-0.1, -0.05) is 0 Å². The second-order valence-corrected chi connectivity index (χ2v) is 3.43. The summed E-state index contributed by atoms with van der Waals surface area (Å²) in [6, 6.07) is -1.41. The van der Waals surface area contributed by atoms with Crippen LogP contribution in [0.4, 0.5) is 13.2 Å². The lowest BCUT2D eigenvalue weighted by molar-refractivity contribution is -0.190. The highest BCUT2D eigenvalue weighted by molar-refractivity contribution is 5.85. The fraction of sp³-hybridized carbons (Fsp3) is 0.857. The molecule has 1 saturated carbocycles. The molecule has 3 N–H and O–H groups in total. The molecular formula is C7H11ClF3NO2. The first-order valence-corrected chi connectivity index (χ1v) is 3.84. The van der Waals surface area contributed by atoms with Crippen LogP contribution < -0.4 is 5.73 Å². The third kappa shape index (κ3) is 2.51. The lowest BCUT2D eigenvalue weighted by atomic mass is 9.97. The van der Waals surface area contributed by atoms with E-state index in [0.29, 0.717) is 0 Å².